The topological polar surface area (TPSA) is 55.4 Å². The van der Waals surface area contributed by atoms with Gasteiger partial charge >= 0.3 is 5.97 Å². The van der Waals surface area contributed by atoms with Crippen LogP contribution in [0.1, 0.15) is 26.3 Å². The molecule has 0 unspecified atom stereocenters. The normalized spacial score (nSPS) is 10.9. The maximum Gasteiger partial charge on any atom is 0.325 e. The lowest BCUT2D eigenvalue weighted by molar-refractivity contribution is -0.154. The summed E-state index contributed by atoms with van der Waals surface area (Å²) in [5, 5.41) is 2.54. The molecule has 19 heavy (non-hydrogen) atoms. The Balaban J connectivity index is 2.36. The van der Waals surface area contributed by atoms with Crippen LogP contribution in [0.25, 0.3) is 0 Å². The van der Waals surface area contributed by atoms with Crippen molar-refractivity contribution in [2.45, 2.75) is 32.8 Å². The van der Waals surface area contributed by atoms with Crippen LogP contribution in [0.3, 0.4) is 0 Å². The predicted octanol–water partition coefficient (Wildman–Crippen LogP) is 2.45. The first-order valence-electron chi connectivity index (χ1n) is 5.99. The summed E-state index contributed by atoms with van der Waals surface area (Å²) in [6.07, 6.45) is 0.246. The predicted molar refractivity (Wildman–Crippen MR) is 76.7 cm³/mol. The number of carbonyl (C=O) groups excluding carboxylic acids is 2. The molecule has 0 radical (unpaired) electrons. The van der Waals surface area contributed by atoms with Gasteiger partial charge in [-0.05, 0) is 38.5 Å². The molecule has 1 aromatic carbocycles. The van der Waals surface area contributed by atoms with Crippen LogP contribution in [-0.2, 0) is 20.7 Å². The minimum atomic E-state index is -0.534. The highest BCUT2D eigenvalue weighted by molar-refractivity contribution is 9.10. The van der Waals surface area contributed by atoms with E-state index in [-0.39, 0.29) is 18.9 Å². The van der Waals surface area contributed by atoms with E-state index in [1.54, 1.807) is 20.8 Å². The van der Waals surface area contributed by atoms with Gasteiger partial charge in [0.05, 0.1) is 6.42 Å². The van der Waals surface area contributed by atoms with Crippen molar-refractivity contribution in [1.82, 2.24) is 5.32 Å². The first-order valence-corrected chi connectivity index (χ1v) is 6.78. The highest BCUT2D eigenvalue weighted by Crippen LogP contribution is 2.10. The largest absolute Gasteiger partial charge is 0.459 e. The van der Waals surface area contributed by atoms with Crippen LogP contribution in [0.4, 0.5) is 0 Å². The van der Waals surface area contributed by atoms with E-state index in [0.29, 0.717) is 0 Å². The average Bonchev–Trinajstić information content (AvgIpc) is 2.27. The molecule has 0 saturated heterocycles. The molecule has 1 N–H and O–H groups in total. The fourth-order valence-electron chi connectivity index (χ4n) is 1.40. The van der Waals surface area contributed by atoms with E-state index in [0.717, 1.165) is 10.0 Å². The van der Waals surface area contributed by atoms with Crippen molar-refractivity contribution < 1.29 is 14.3 Å². The van der Waals surface area contributed by atoms with Crippen molar-refractivity contribution >= 4 is 27.8 Å². The molecular formula is C14H18BrNO3. The Bertz CT molecular complexity index is 449. The van der Waals surface area contributed by atoms with Crippen LogP contribution in [0, 0.1) is 0 Å². The fourth-order valence-corrected chi connectivity index (χ4v) is 1.66. The molecule has 0 aliphatic carbocycles. The van der Waals surface area contributed by atoms with Crippen molar-refractivity contribution in [2.75, 3.05) is 6.54 Å². The van der Waals surface area contributed by atoms with Gasteiger partial charge in [-0.2, -0.15) is 0 Å². The Morgan fingerprint density at radius 3 is 2.32 bits per heavy atom. The zero-order chi connectivity index (χ0) is 14.5. The van der Waals surface area contributed by atoms with Gasteiger partial charge < -0.3 is 10.1 Å². The molecule has 5 heteroatoms. The Labute approximate surface area is 121 Å². The molecule has 0 aromatic heterocycles. The number of halogens is 1. The highest BCUT2D eigenvalue weighted by Gasteiger charge is 2.16. The number of ether oxygens (including phenoxy) is 1. The monoisotopic (exact) mass is 327 g/mol. The molecule has 1 aromatic rings. The molecule has 0 aliphatic heterocycles. The van der Waals surface area contributed by atoms with E-state index in [1.165, 1.54) is 0 Å². The third-order valence-corrected chi connectivity index (χ3v) is 2.66. The summed E-state index contributed by atoms with van der Waals surface area (Å²) in [5.74, 6) is -0.634. The Hall–Kier alpha value is -1.36. The maximum atomic E-state index is 11.6. The summed E-state index contributed by atoms with van der Waals surface area (Å²) >= 11 is 3.33. The second-order valence-corrected chi connectivity index (χ2v) is 6.08. The van der Waals surface area contributed by atoms with Gasteiger partial charge in [0.1, 0.15) is 12.1 Å². The van der Waals surface area contributed by atoms with Gasteiger partial charge in [-0.1, -0.05) is 28.1 Å². The van der Waals surface area contributed by atoms with Crippen LogP contribution in [-0.4, -0.2) is 24.0 Å². The van der Waals surface area contributed by atoms with Crippen LogP contribution in [0.15, 0.2) is 28.7 Å². The second-order valence-electron chi connectivity index (χ2n) is 5.17. The van der Waals surface area contributed by atoms with Gasteiger partial charge in [-0.15, -0.1) is 0 Å². The smallest absolute Gasteiger partial charge is 0.325 e. The standard InChI is InChI=1S/C14H18BrNO3/c1-14(2,3)19-13(18)9-16-12(17)8-10-4-6-11(15)7-5-10/h4-7H,8-9H2,1-3H3,(H,16,17). The van der Waals surface area contributed by atoms with Crippen molar-refractivity contribution in [3.8, 4) is 0 Å². The van der Waals surface area contributed by atoms with Crippen molar-refractivity contribution in [2.24, 2.45) is 0 Å². The lowest BCUT2D eigenvalue weighted by Gasteiger charge is -2.19. The zero-order valence-corrected chi connectivity index (χ0v) is 12.9. The molecule has 0 aliphatic rings. The van der Waals surface area contributed by atoms with E-state index in [9.17, 15) is 9.59 Å². The molecule has 0 bridgehead atoms. The van der Waals surface area contributed by atoms with E-state index in [4.69, 9.17) is 4.74 Å². The number of nitrogens with one attached hydrogen (secondary N) is 1. The van der Waals surface area contributed by atoms with Gasteiger partial charge in [0.2, 0.25) is 5.91 Å². The van der Waals surface area contributed by atoms with Gasteiger partial charge in [0.15, 0.2) is 0 Å². The Morgan fingerprint density at radius 2 is 1.79 bits per heavy atom. The van der Waals surface area contributed by atoms with Crippen molar-refractivity contribution in [3.05, 3.63) is 34.3 Å². The van der Waals surface area contributed by atoms with Crippen LogP contribution < -0.4 is 5.32 Å². The number of rotatable bonds is 4. The summed E-state index contributed by atoms with van der Waals surface area (Å²) in [6, 6.07) is 7.46. The number of hydrogen-bond donors (Lipinski definition) is 1. The Kier molecular flexibility index (Phi) is 5.54. The number of hydrogen-bond acceptors (Lipinski definition) is 3. The molecule has 0 spiro atoms. The minimum absolute atomic E-state index is 0.105. The SMILES string of the molecule is CC(C)(C)OC(=O)CNC(=O)Cc1ccc(Br)cc1. The van der Waals surface area contributed by atoms with Crippen LogP contribution >= 0.6 is 15.9 Å². The fraction of sp³-hybridized carbons (Fsp3) is 0.429. The summed E-state index contributed by atoms with van der Waals surface area (Å²) in [6.45, 7) is 5.25. The van der Waals surface area contributed by atoms with Crippen molar-refractivity contribution in [1.29, 1.82) is 0 Å². The third-order valence-electron chi connectivity index (χ3n) is 2.13. The lowest BCUT2D eigenvalue weighted by Crippen LogP contribution is -2.35. The van der Waals surface area contributed by atoms with Crippen molar-refractivity contribution in [3.63, 3.8) is 0 Å². The molecule has 0 heterocycles. The minimum Gasteiger partial charge on any atom is -0.459 e. The molecule has 4 nitrogen and oxygen atoms in total. The molecule has 1 rings (SSSR count). The van der Waals surface area contributed by atoms with Gasteiger partial charge in [-0.25, -0.2) is 0 Å². The first kappa shape index (κ1) is 15.7. The third kappa shape index (κ3) is 6.96. The highest BCUT2D eigenvalue weighted by atomic mass is 79.9. The summed E-state index contributed by atoms with van der Waals surface area (Å²) < 4.78 is 6.06. The number of amides is 1. The summed E-state index contributed by atoms with van der Waals surface area (Å²) in [4.78, 5) is 23.1. The van der Waals surface area contributed by atoms with Crippen LogP contribution in [0.2, 0.25) is 0 Å². The first-order chi connectivity index (χ1) is 8.76. The van der Waals surface area contributed by atoms with Crippen LogP contribution in [0.5, 0.6) is 0 Å². The van der Waals surface area contributed by atoms with E-state index in [2.05, 4.69) is 21.2 Å². The molecular weight excluding hydrogens is 310 g/mol. The molecule has 0 saturated carbocycles. The van der Waals surface area contributed by atoms with Gasteiger partial charge in [-0.3, -0.25) is 9.59 Å². The zero-order valence-electron chi connectivity index (χ0n) is 11.3. The van der Waals surface area contributed by atoms with Gasteiger partial charge in [0.25, 0.3) is 0 Å². The molecule has 1 amide bonds. The lowest BCUT2D eigenvalue weighted by atomic mass is 10.1. The number of carbonyl (C=O) groups is 2. The van der Waals surface area contributed by atoms with Gasteiger partial charge in [0, 0.05) is 4.47 Å². The molecule has 0 atom stereocenters. The summed E-state index contributed by atoms with van der Waals surface area (Å²) in [7, 11) is 0. The number of benzene rings is 1. The van der Waals surface area contributed by atoms with E-state index >= 15 is 0 Å². The summed E-state index contributed by atoms with van der Waals surface area (Å²) in [5.41, 5.74) is 0.359. The molecule has 104 valence electrons. The molecule has 0 fully saturated rings. The van der Waals surface area contributed by atoms with E-state index in [1.807, 2.05) is 24.3 Å². The Morgan fingerprint density at radius 1 is 1.21 bits per heavy atom. The average molecular weight is 328 g/mol. The maximum absolute atomic E-state index is 11.6. The quantitative estimate of drug-likeness (QED) is 0.864. The number of esters is 1. The van der Waals surface area contributed by atoms with E-state index < -0.39 is 11.6 Å². The second kappa shape index (κ2) is 6.70.